The lowest BCUT2D eigenvalue weighted by molar-refractivity contribution is 0.762. The first-order valence-electron chi connectivity index (χ1n) is 8.04. The lowest BCUT2D eigenvalue weighted by atomic mass is 10.2. The zero-order valence-corrected chi connectivity index (χ0v) is 15.5. The molecule has 7 heteroatoms. The van der Waals surface area contributed by atoms with Crippen molar-refractivity contribution in [3.8, 4) is 11.5 Å². The van der Waals surface area contributed by atoms with Gasteiger partial charge in [-0.3, -0.25) is 0 Å². The van der Waals surface area contributed by atoms with Crippen molar-refractivity contribution >= 4 is 34.7 Å². The Morgan fingerprint density at radius 1 is 0.962 bits per heavy atom. The van der Waals surface area contributed by atoms with Crippen LogP contribution in [0.25, 0.3) is 11.5 Å². The first-order chi connectivity index (χ1) is 12.6. The highest BCUT2D eigenvalue weighted by Gasteiger charge is 2.18. The zero-order valence-electron chi connectivity index (χ0n) is 13.9. The third-order valence-corrected chi connectivity index (χ3v) is 4.81. The summed E-state index contributed by atoms with van der Waals surface area (Å²) >= 11 is 12.6. The van der Waals surface area contributed by atoms with E-state index in [1.807, 2.05) is 54.0 Å². The Kier molecular flexibility index (Phi) is 4.49. The van der Waals surface area contributed by atoms with Crippen molar-refractivity contribution in [1.82, 2.24) is 19.5 Å². The Morgan fingerprint density at radius 2 is 1.69 bits per heavy atom. The number of anilines is 2. The normalized spacial score (nSPS) is 11.0. The van der Waals surface area contributed by atoms with E-state index in [-0.39, 0.29) is 0 Å². The molecule has 2 aromatic carbocycles. The summed E-state index contributed by atoms with van der Waals surface area (Å²) < 4.78 is 1.88. The summed E-state index contributed by atoms with van der Waals surface area (Å²) in [5.41, 5.74) is 3.66. The van der Waals surface area contributed by atoms with Crippen molar-refractivity contribution < 1.29 is 0 Å². The number of aryl methyl sites for hydroxylation is 1. The largest absolute Gasteiger partial charge is 0.338 e. The minimum absolute atomic E-state index is 0.464. The maximum Gasteiger partial charge on any atom is 0.165 e. The Morgan fingerprint density at radius 3 is 2.42 bits per heavy atom. The molecule has 0 aromatic heterocycles. The number of aromatic nitrogens is 4. The molecule has 0 aliphatic carbocycles. The van der Waals surface area contributed by atoms with Crippen molar-refractivity contribution in [2.45, 2.75) is 13.5 Å². The molecule has 0 saturated heterocycles. The highest BCUT2D eigenvalue weighted by atomic mass is 35.5. The van der Waals surface area contributed by atoms with Crippen molar-refractivity contribution in [1.29, 1.82) is 0 Å². The van der Waals surface area contributed by atoms with Crippen molar-refractivity contribution in [3.05, 3.63) is 76.3 Å². The summed E-state index contributed by atoms with van der Waals surface area (Å²) in [7, 11) is 0. The fraction of sp³-hybridized carbons (Fsp3) is 0.105. The molecule has 2 aliphatic rings. The number of hydrogen-bond donors (Lipinski definition) is 1. The van der Waals surface area contributed by atoms with Crippen LogP contribution in [0.3, 0.4) is 0 Å². The number of benzene rings is 2. The third-order valence-electron chi connectivity index (χ3n) is 4.11. The molecule has 0 spiro atoms. The fourth-order valence-electron chi connectivity index (χ4n) is 2.72. The molecule has 2 heterocycles. The summed E-state index contributed by atoms with van der Waals surface area (Å²) in [4.78, 5) is 13.2. The molecule has 0 atom stereocenters. The van der Waals surface area contributed by atoms with E-state index in [1.54, 1.807) is 6.33 Å². The number of imidazole rings is 1. The van der Waals surface area contributed by atoms with Gasteiger partial charge in [-0.15, -0.1) is 0 Å². The summed E-state index contributed by atoms with van der Waals surface area (Å²) in [5, 5.41) is 4.52. The van der Waals surface area contributed by atoms with Gasteiger partial charge in [0.25, 0.3) is 0 Å². The molecule has 0 radical (unpaired) electrons. The monoisotopic (exact) mass is 383 g/mol. The van der Waals surface area contributed by atoms with Crippen LogP contribution in [0.15, 0.2) is 55.1 Å². The smallest absolute Gasteiger partial charge is 0.165 e. The summed E-state index contributed by atoms with van der Waals surface area (Å²) in [6.07, 6.45) is 3.24. The van der Waals surface area contributed by atoms with Crippen LogP contribution in [0.1, 0.15) is 11.1 Å². The van der Waals surface area contributed by atoms with E-state index in [0.29, 0.717) is 33.9 Å². The molecule has 2 aliphatic heterocycles. The lowest BCUT2D eigenvalue weighted by Gasteiger charge is -2.15. The molecular formula is C19H15Cl2N5. The quantitative estimate of drug-likeness (QED) is 0.527. The average molecular weight is 384 g/mol. The maximum atomic E-state index is 6.29. The highest BCUT2D eigenvalue weighted by Crippen LogP contribution is 2.30. The zero-order chi connectivity index (χ0) is 18.1. The predicted octanol–water partition coefficient (Wildman–Crippen LogP) is 5.19. The number of hydrogen-bond acceptors (Lipinski definition) is 4. The molecule has 0 bridgehead atoms. The minimum atomic E-state index is 0.464. The van der Waals surface area contributed by atoms with E-state index in [2.05, 4.69) is 20.3 Å². The molecule has 0 fully saturated rings. The minimum Gasteiger partial charge on any atom is -0.338 e. The van der Waals surface area contributed by atoms with Crippen LogP contribution in [0.4, 0.5) is 11.5 Å². The third kappa shape index (κ3) is 3.23. The number of rotatable bonds is 4. The van der Waals surface area contributed by atoms with Crippen LogP contribution < -0.4 is 5.32 Å². The van der Waals surface area contributed by atoms with Gasteiger partial charge in [0.05, 0.1) is 12.9 Å². The van der Waals surface area contributed by atoms with Crippen LogP contribution in [0.5, 0.6) is 0 Å². The number of nitrogens with zero attached hydrogens (tertiary/aromatic N) is 4. The second-order valence-electron chi connectivity index (χ2n) is 5.96. The van der Waals surface area contributed by atoms with Crippen molar-refractivity contribution in [2.24, 2.45) is 0 Å². The van der Waals surface area contributed by atoms with E-state index in [9.17, 15) is 0 Å². The molecule has 130 valence electrons. The van der Waals surface area contributed by atoms with Gasteiger partial charge < -0.3 is 9.88 Å². The van der Waals surface area contributed by atoms with Crippen molar-refractivity contribution in [2.75, 3.05) is 5.32 Å². The molecule has 0 saturated carbocycles. The average Bonchev–Trinajstić information content (AvgIpc) is 3.12. The van der Waals surface area contributed by atoms with Gasteiger partial charge in [-0.25, -0.2) is 15.0 Å². The number of halogens is 2. The summed E-state index contributed by atoms with van der Waals surface area (Å²) in [5.74, 6) is 1.37. The van der Waals surface area contributed by atoms with Gasteiger partial charge in [-0.1, -0.05) is 47.0 Å². The second-order valence-corrected chi connectivity index (χ2v) is 6.77. The fourth-order valence-corrected chi connectivity index (χ4v) is 3.23. The van der Waals surface area contributed by atoms with Gasteiger partial charge in [-0.2, -0.15) is 0 Å². The Labute approximate surface area is 161 Å². The molecular weight excluding hydrogens is 369 g/mol. The van der Waals surface area contributed by atoms with Gasteiger partial charge in [0, 0.05) is 21.3 Å². The number of nitrogens with one attached hydrogen (secondary N) is 1. The van der Waals surface area contributed by atoms with E-state index in [0.717, 1.165) is 11.3 Å². The van der Waals surface area contributed by atoms with E-state index in [4.69, 9.17) is 23.2 Å². The maximum absolute atomic E-state index is 6.29. The van der Waals surface area contributed by atoms with Crippen LogP contribution >= 0.6 is 23.2 Å². The van der Waals surface area contributed by atoms with Crippen LogP contribution in [-0.4, -0.2) is 19.5 Å². The van der Waals surface area contributed by atoms with Crippen LogP contribution in [-0.2, 0) is 6.54 Å². The topological polar surface area (TPSA) is 55.6 Å². The first-order valence-corrected chi connectivity index (χ1v) is 8.80. The van der Waals surface area contributed by atoms with E-state index in [1.165, 1.54) is 11.9 Å². The first kappa shape index (κ1) is 16.8. The molecule has 1 N–H and O–H groups in total. The molecule has 26 heavy (non-hydrogen) atoms. The Balaban J connectivity index is 1.68. The summed E-state index contributed by atoms with van der Waals surface area (Å²) in [6, 6.07) is 13.5. The Bertz CT molecular complexity index is 1010. The number of fused-ring (bicyclic) bond motifs is 1. The van der Waals surface area contributed by atoms with E-state index >= 15 is 0 Å². The molecule has 5 nitrogen and oxygen atoms in total. The molecule has 4 rings (SSSR count). The second kappa shape index (κ2) is 6.94. The van der Waals surface area contributed by atoms with Gasteiger partial charge >= 0.3 is 0 Å². The Hall–Kier alpha value is -2.63. The lowest BCUT2D eigenvalue weighted by Crippen LogP contribution is -2.10. The van der Waals surface area contributed by atoms with Gasteiger partial charge in [0.2, 0.25) is 0 Å². The molecule has 0 unspecified atom stereocenters. The predicted molar refractivity (Wildman–Crippen MR) is 104 cm³/mol. The van der Waals surface area contributed by atoms with Crippen LogP contribution in [0.2, 0.25) is 10.0 Å². The SMILES string of the molecule is Cc1ccc(Nc2ncn(Cc3c(Cl)cccc3Cl)c3ncnc2-3)cc1. The summed E-state index contributed by atoms with van der Waals surface area (Å²) in [6.45, 7) is 2.51. The standard InChI is InChI=1S/C19H15Cl2N5/c1-12-5-7-13(8-6-12)25-18-17-19(23-10-22-17)26(11-24-18)9-14-15(20)3-2-4-16(14)21/h2-8,10-11,25H,9H2,1H3. The van der Waals surface area contributed by atoms with Crippen molar-refractivity contribution in [3.63, 3.8) is 0 Å². The highest BCUT2D eigenvalue weighted by molar-refractivity contribution is 6.35. The van der Waals surface area contributed by atoms with Gasteiger partial charge in [0.1, 0.15) is 6.33 Å². The van der Waals surface area contributed by atoms with Gasteiger partial charge in [-0.05, 0) is 31.2 Å². The van der Waals surface area contributed by atoms with Gasteiger partial charge in [0.15, 0.2) is 17.3 Å². The van der Waals surface area contributed by atoms with E-state index < -0.39 is 0 Å². The van der Waals surface area contributed by atoms with Crippen LogP contribution in [0, 0.1) is 6.92 Å². The molecule has 2 aromatic rings. The molecule has 0 amide bonds.